The molecule has 1 amide bonds. The number of anilines is 1. The van der Waals surface area contributed by atoms with Gasteiger partial charge in [-0.05, 0) is 37.9 Å². The Kier molecular flexibility index (Phi) is 4.63. The number of aryl methyl sites for hydroxylation is 1. The normalized spacial score (nSPS) is 20.8. The summed E-state index contributed by atoms with van der Waals surface area (Å²) >= 11 is 1.60. The summed E-state index contributed by atoms with van der Waals surface area (Å²) in [6, 6.07) is 0. The molecule has 0 unspecified atom stereocenters. The third-order valence-corrected chi connectivity index (χ3v) is 5.71. The van der Waals surface area contributed by atoms with Crippen molar-refractivity contribution in [2.24, 2.45) is 5.92 Å². The second-order valence-electron chi connectivity index (χ2n) is 6.50. The number of thioether (sulfide) groups is 1. The molecule has 2 aliphatic rings. The highest BCUT2D eigenvalue weighted by Gasteiger charge is 2.22. The minimum absolute atomic E-state index is 0.0118. The zero-order valence-corrected chi connectivity index (χ0v) is 15.0. The van der Waals surface area contributed by atoms with Crippen LogP contribution in [0.2, 0.25) is 0 Å². The summed E-state index contributed by atoms with van der Waals surface area (Å²) in [5, 5.41) is 7.42. The van der Waals surface area contributed by atoms with Crippen LogP contribution >= 0.6 is 11.8 Å². The lowest BCUT2D eigenvalue weighted by molar-refractivity contribution is -0.117. The van der Waals surface area contributed by atoms with Crippen LogP contribution in [0.3, 0.4) is 0 Å². The zero-order valence-electron chi connectivity index (χ0n) is 14.2. The molecule has 0 bridgehead atoms. The van der Waals surface area contributed by atoms with Crippen LogP contribution in [0.4, 0.5) is 5.82 Å². The quantitative estimate of drug-likeness (QED) is 0.766. The Bertz CT molecular complexity index is 811. The number of amides is 1. The Hall–Kier alpha value is -2.06. The Morgan fingerprint density at radius 2 is 2.40 bits per heavy atom. The van der Waals surface area contributed by atoms with Gasteiger partial charge in [0.15, 0.2) is 0 Å². The molecular weight excluding hydrogens is 336 g/mol. The van der Waals surface area contributed by atoms with Crippen molar-refractivity contribution in [3.63, 3.8) is 0 Å². The van der Waals surface area contributed by atoms with E-state index in [1.807, 2.05) is 19.3 Å². The third kappa shape index (κ3) is 3.36. The van der Waals surface area contributed by atoms with E-state index in [9.17, 15) is 4.79 Å². The van der Waals surface area contributed by atoms with E-state index >= 15 is 0 Å². The van der Waals surface area contributed by atoms with E-state index in [2.05, 4.69) is 30.5 Å². The number of hydrogen-bond donors (Lipinski definition) is 3. The molecule has 0 radical (unpaired) electrons. The summed E-state index contributed by atoms with van der Waals surface area (Å²) in [5.41, 5.74) is 1.94. The number of hydrogen-bond acceptors (Lipinski definition) is 6. The number of carbonyl (C=O) groups excluding carboxylic acids is 1. The molecule has 0 saturated carbocycles. The minimum atomic E-state index is 0.0118. The number of nitrogens with one attached hydrogen (secondary N) is 3. The van der Waals surface area contributed by atoms with Crippen molar-refractivity contribution >= 4 is 34.5 Å². The van der Waals surface area contributed by atoms with E-state index in [1.165, 1.54) is 0 Å². The minimum Gasteiger partial charge on any atom is -0.351 e. The standard InChI is InChI=1S/C17H22N6OS/c1-11-6-19-15-14(11)16(22-10-21-15)23-4-5-25-13(9-23)17(24)20-8-12-2-3-18-7-12/h6,9-10,12,18H,2-5,7-8H2,1H3,(H,20,24)(H,19,21,22)/t12-/m0/s1. The molecule has 7 nitrogen and oxygen atoms in total. The monoisotopic (exact) mass is 358 g/mol. The first-order valence-electron chi connectivity index (χ1n) is 8.61. The lowest BCUT2D eigenvalue weighted by atomic mass is 10.1. The van der Waals surface area contributed by atoms with E-state index in [0.717, 1.165) is 65.7 Å². The number of H-pyrrole nitrogens is 1. The fraction of sp³-hybridized carbons (Fsp3) is 0.471. The fourth-order valence-corrected chi connectivity index (χ4v) is 4.23. The molecule has 1 atom stereocenters. The average Bonchev–Trinajstić information content (AvgIpc) is 3.30. The zero-order chi connectivity index (χ0) is 17.2. The molecule has 2 aromatic rings. The molecule has 2 aliphatic heterocycles. The molecule has 0 aliphatic carbocycles. The molecule has 1 saturated heterocycles. The van der Waals surface area contributed by atoms with Crippen LogP contribution in [-0.2, 0) is 4.79 Å². The number of aromatic nitrogens is 3. The van der Waals surface area contributed by atoms with Gasteiger partial charge in [-0.3, -0.25) is 4.79 Å². The van der Waals surface area contributed by atoms with Gasteiger partial charge in [-0.1, -0.05) is 0 Å². The number of nitrogens with zero attached hydrogens (tertiary/aromatic N) is 3. The van der Waals surface area contributed by atoms with E-state index in [0.29, 0.717) is 5.92 Å². The van der Waals surface area contributed by atoms with Gasteiger partial charge in [-0.15, -0.1) is 11.8 Å². The van der Waals surface area contributed by atoms with Gasteiger partial charge in [0.2, 0.25) is 0 Å². The maximum atomic E-state index is 12.5. The summed E-state index contributed by atoms with van der Waals surface area (Å²) in [4.78, 5) is 27.2. The molecule has 132 valence electrons. The van der Waals surface area contributed by atoms with Crippen molar-refractivity contribution in [2.75, 3.05) is 36.8 Å². The van der Waals surface area contributed by atoms with Gasteiger partial charge in [0.1, 0.15) is 17.8 Å². The van der Waals surface area contributed by atoms with Gasteiger partial charge in [0.05, 0.1) is 10.3 Å². The van der Waals surface area contributed by atoms with Crippen LogP contribution in [0, 0.1) is 12.8 Å². The summed E-state index contributed by atoms with van der Waals surface area (Å²) in [6.45, 7) is 5.64. The van der Waals surface area contributed by atoms with Gasteiger partial charge >= 0.3 is 0 Å². The second-order valence-corrected chi connectivity index (χ2v) is 7.63. The van der Waals surface area contributed by atoms with Gasteiger partial charge in [-0.2, -0.15) is 0 Å². The SMILES string of the molecule is Cc1c[nH]c2ncnc(N3C=C(C(=O)NC[C@H]4CCNC4)SCC3)c12. The largest absolute Gasteiger partial charge is 0.351 e. The Morgan fingerprint density at radius 1 is 1.48 bits per heavy atom. The summed E-state index contributed by atoms with van der Waals surface area (Å²) in [5.74, 6) is 2.27. The Morgan fingerprint density at radius 3 is 3.24 bits per heavy atom. The molecule has 4 rings (SSSR count). The first-order valence-corrected chi connectivity index (χ1v) is 9.60. The van der Waals surface area contributed by atoms with Crippen LogP contribution in [0.25, 0.3) is 11.0 Å². The van der Waals surface area contributed by atoms with Crippen LogP contribution < -0.4 is 15.5 Å². The highest BCUT2D eigenvalue weighted by atomic mass is 32.2. The first kappa shape index (κ1) is 16.4. The first-order chi connectivity index (χ1) is 12.2. The molecule has 25 heavy (non-hydrogen) atoms. The van der Waals surface area contributed by atoms with Crippen molar-refractivity contribution in [3.8, 4) is 0 Å². The Labute approximate surface area is 150 Å². The summed E-state index contributed by atoms with van der Waals surface area (Å²) < 4.78 is 0. The van der Waals surface area contributed by atoms with E-state index in [1.54, 1.807) is 18.1 Å². The van der Waals surface area contributed by atoms with Crippen LogP contribution in [0.1, 0.15) is 12.0 Å². The van der Waals surface area contributed by atoms with E-state index in [-0.39, 0.29) is 5.91 Å². The number of fused-ring (bicyclic) bond motifs is 1. The number of carbonyl (C=O) groups is 1. The molecular formula is C17H22N6OS. The van der Waals surface area contributed by atoms with Gasteiger partial charge < -0.3 is 20.5 Å². The molecule has 8 heteroatoms. The Balaban J connectivity index is 1.53. The highest BCUT2D eigenvalue weighted by Crippen LogP contribution is 2.30. The van der Waals surface area contributed by atoms with E-state index < -0.39 is 0 Å². The maximum absolute atomic E-state index is 12.5. The molecule has 0 aromatic carbocycles. The average molecular weight is 358 g/mol. The maximum Gasteiger partial charge on any atom is 0.259 e. The van der Waals surface area contributed by atoms with E-state index in [4.69, 9.17) is 0 Å². The predicted molar refractivity (Wildman–Crippen MR) is 100 cm³/mol. The van der Waals surface area contributed by atoms with Crippen LogP contribution in [-0.4, -0.2) is 52.8 Å². The topological polar surface area (TPSA) is 85.9 Å². The van der Waals surface area contributed by atoms with Crippen molar-refractivity contribution < 1.29 is 4.79 Å². The molecule has 4 heterocycles. The number of rotatable bonds is 4. The van der Waals surface area contributed by atoms with Crippen molar-refractivity contribution in [3.05, 3.63) is 29.2 Å². The van der Waals surface area contributed by atoms with Gasteiger partial charge in [0.25, 0.3) is 5.91 Å². The molecule has 1 fully saturated rings. The molecule has 0 spiro atoms. The highest BCUT2D eigenvalue weighted by molar-refractivity contribution is 8.04. The fourth-order valence-electron chi connectivity index (χ4n) is 3.32. The summed E-state index contributed by atoms with van der Waals surface area (Å²) in [6.07, 6.45) is 6.55. The lowest BCUT2D eigenvalue weighted by Gasteiger charge is -2.26. The van der Waals surface area contributed by atoms with Crippen molar-refractivity contribution in [1.29, 1.82) is 0 Å². The van der Waals surface area contributed by atoms with Crippen molar-refractivity contribution in [2.45, 2.75) is 13.3 Å². The number of aromatic amines is 1. The van der Waals surface area contributed by atoms with Crippen LogP contribution in [0.5, 0.6) is 0 Å². The lowest BCUT2D eigenvalue weighted by Crippen LogP contribution is -2.34. The summed E-state index contributed by atoms with van der Waals surface area (Å²) in [7, 11) is 0. The third-order valence-electron chi connectivity index (χ3n) is 4.72. The van der Waals surface area contributed by atoms with Crippen LogP contribution in [0.15, 0.2) is 23.6 Å². The van der Waals surface area contributed by atoms with Crippen molar-refractivity contribution in [1.82, 2.24) is 25.6 Å². The second kappa shape index (κ2) is 7.05. The molecule has 2 aromatic heterocycles. The predicted octanol–water partition coefficient (Wildman–Crippen LogP) is 1.39. The van der Waals surface area contributed by atoms with Gasteiger partial charge in [0, 0.05) is 31.2 Å². The van der Waals surface area contributed by atoms with Gasteiger partial charge in [-0.25, -0.2) is 9.97 Å². The molecule has 3 N–H and O–H groups in total. The smallest absolute Gasteiger partial charge is 0.259 e.